The third-order valence-electron chi connectivity index (χ3n) is 4.90. The van der Waals surface area contributed by atoms with Gasteiger partial charge in [-0.2, -0.15) is 17.0 Å². The zero-order valence-corrected chi connectivity index (χ0v) is 16.8. The second kappa shape index (κ2) is 8.34. The lowest BCUT2D eigenvalue weighted by molar-refractivity contribution is 0.0697. The van der Waals surface area contributed by atoms with Gasteiger partial charge in [0.15, 0.2) is 0 Å². The van der Waals surface area contributed by atoms with Gasteiger partial charge >= 0.3 is 5.97 Å². The fourth-order valence-corrected chi connectivity index (χ4v) is 4.63. The average Bonchev–Trinajstić information content (AvgIpc) is 2.68. The number of carbonyl (C=O) groups is 1. The van der Waals surface area contributed by atoms with Gasteiger partial charge in [-0.1, -0.05) is 12.1 Å². The van der Waals surface area contributed by atoms with Crippen molar-refractivity contribution in [1.82, 2.24) is 18.6 Å². The first kappa shape index (κ1) is 20.4. The smallest absolute Gasteiger partial charge is 0.335 e. The average molecular weight is 404 g/mol. The van der Waals surface area contributed by atoms with Crippen LogP contribution in [0.3, 0.4) is 0 Å². The van der Waals surface area contributed by atoms with Crippen molar-refractivity contribution in [3.8, 4) is 11.3 Å². The van der Waals surface area contributed by atoms with Crippen molar-refractivity contribution in [2.45, 2.75) is 19.3 Å². The van der Waals surface area contributed by atoms with Crippen LogP contribution in [0.2, 0.25) is 0 Å². The van der Waals surface area contributed by atoms with E-state index >= 15 is 0 Å². The molecule has 0 saturated carbocycles. The molecular weight excluding hydrogens is 380 g/mol. The van der Waals surface area contributed by atoms with Crippen LogP contribution in [-0.4, -0.2) is 65.3 Å². The fraction of sp³-hybridized carbons (Fsp3) is 0.421. The molecule has 0 amide bonds. The molecule has 2 aromatic rings. The maximum atomic E-state index is 12.4. The van der Waals surface area contributed by atoms with E-state index < -0.39 is 16.2 Å². The lowest BCUT2D eigenvalue weighted by Crippen LogP contribution is -2.45. The molecule has 3 rings (SSSR count). The predicted molar refractivity (Wildman–Crippen MR) is 105 cm³/mol. The molecule has 1 aromatic heterocycles. The number of hydrogen-bond acceptors (Lipinski definition) is 5. The summed E-state index contributed by atoms with van der Waals surface area (Å²) in [5, 5.41) is 9.17. The Kier molecular flexibility index (Phi) is 6.07. The maximum Gasteiger partial charge on any atom is 0.335 e. The Morgan fingerprint density at radius 1 is 1.29 bits per heavy atom. The number of piperidine rings is 1. The van der Waals surface area contributed by atoms with Crippen molar-refractivity contribution < 1.29 is 18.3 Å². The molecule has 1 N–H and O–H groups in total. The number of carboxylic acid groups (broad SMARTS) is 1. The van der Waals surface area contributed by atoms with Gasteiger partial charge in [-0.05, 0) is 43.4 Å². The molecular formula is C19H24N4O4S. The van der Waals surface area contributed by atoms with Gasteiger partial charge in [-0.15, -0.1) is 0 Å². The highest BCUT2D eigenvalue weighted by molar-refractivity contribution is 7.86. The van der Waals surface area contributed by atoms with Crippen molar-refractivity contribution in [2.75, 3.05) is 27.2 Å². The highest BCUT2D eigenvalue weighted by Gasteiger charge is 2.30. The van der Waals surface area contributed by atoms with Crippen molar-refractivity contribution in [3.63, 3.8) is 0 Å². The molecule has 1 atom stereocenters. The molecule has 1 aliphatic heterocycles. The fourth-order valence-electron chi connectivity index (χ4n) is 3.41. The first-order chi connectivity index (χ1) is 13.3. The summed E-state index contributed by atoms with van der Waals surface area (Å²) in [7, 11) is -0.326. The van der Waals surface area contributed by atoms with E-state index in [1.807, 2.05) is 12.1 Å². The Labute approximate surface area is 165 Å². The molecule has 0 unspecified atom stereocenters. The van der Waals surface area contributed by atoms with Gasteiger partial charge < -0.3 is 5.11 Å². The zero-order valence-electron chi connectivity index (χ0n) is 15.9. The van der Waals surface area contributed by atoms with Crippen molar-refractivity contribution >= 4 is 16.2 Å². The van der Waals surface area contributed by atoms with Crippen LogP contribution in [0.15, 0.2) is 36.7 Å². The summed E-state index contributed by atoms with van der Waals surface area (Å²) in [6, 6.07) is 8.47. The third-order valence-corrected chi connectivity index (χ3v) is 6.80. The van der Waals surface area contributed by atoms with E-state index in [1.165, 1.54) is 21.0 Å². The predicted octanol–water partition coefficient (Wildman–Crippen LogP) is 1.90. The lowest BCUT2D eigenvalue weighted by atomic mass is 9.94. The van der Waals surface area contributed by atoms with Gasteiger partial charge in [0.25, 0.3) is 10.2 Å². The molecule has 0 spiro atoms. The Balaban J connectivity index is 1.76. The van der Waals surface area contributed by atoms with Crippen LogP contribution >= 0.6 is 0 Å². The Morgan fingerprint density at radius 2 is 2.07 bits per heavy atom. The van der Waals surface area contributed by atoms with Crippen LogP contribution < -0.4 is 0 Å². The van der Waals surface area contributed by atoms with Crippen LogP contribution in [0.4, 0.5) is 0 Å². The highest BCUT2D eigenvalue weighted by atomic mass is 32.2. The lowest BCUT2D eigenvalue weighted by Gasteiger charge is -2.33. The monoisotopic (exact) mass is 404 g/mol. The van der Waals surface area contributed by atoms with E-state index in [2.05, 4.69) is 9.97 Å². The van der Waals surface area contributed by atoms with Crippen LogP contribution in [-0.2, 0) is 16.6 Å². The third kappa shape index (κ3) is 4.54. The van der Waals surface area contributed by atoms with Crippen molar-refractivity contribution in [3.05, 3.63) is 47.9 Å². The maximum absolute atomic E-state index is 12.4. The summed E-state index contributed by atoms with van der Waals surface area (Å²) in [6.07, 6.45) is 3.87. The molecule has 8 nitrogen and oxygen atoms in total. The summed E-state index contributed by atoms with van der Waals surface area (Å²) in [4.78, 5) is 19.8. The summed E-state index contributed by atoms with van der Waals surface area (Å²) >= 11 is 0. The largest absolute Gasteiger partial charge is 0.478 e. The van der Waals surface area contributed by atoms with E-state index in [1.54, 1.807) is 26.2 Å². The number of hydrogen-bond donors (Lipinski definition) is 1. The van der Waals surface area contributed by atoms with Gasteiger partial charge in [0, 0.05) is 38.4 Å². The molecule has 28 heavy (non-hydrogen) atoms. The van der Waals surface area contributed by atoms with Crippen LogP contribution in [0.1, 0.15) is 28.9 Å². The molecule has 2 heterocycles. The molecule has 1 saturated heterocycles. The number of aromatic nitrogens is 2. The van der Waals surface area contributed by atoms with Gasteiger partial charge in [0.1, 0.15) is 6.33 Å². The summed E-state index contributed by atoms with van der Waals surface area (Å²) in [5.74, 6) is -0.808. The van der Waals surface area contributed by atoms with E-state index in [9.17, 15) is 13.2 Å². The molecule has 1 fully saturated rings. The Hall–Kier alpha value is -2.36. The SMILES string of the molecule is CN(C)S(=O)(=O)N1CCC[C@H](Cc2cc(-c3cccc(C(=O)O)c3)ncn2)C1. The van der Waals surface area contributed by atoms with E-state index in [0.717, 1.165) is 18.5 Å². The topological polar surface area (TPSA) is 104 Å². The molecule has 150 valence electrons. The minimum atomic E-state index is -3.41. The van der Waals surface area contributed by atoms with E-state index in [4.69, 9.17) is 5.11 Å². The molecule has 1 aliphatic rings. The first-order valence-electron chi connectivity index (χ1n) is 9.09. The normalized spacial score (nSPS) is 18.3. The minimum Gasteiger partial charge on any atom is -0.478 e. The van der Waals surface area contributed by atoms with Crippen LogP contribution in [0.5, 0.6) is 0 Å². The highest BCUT2D eigenvalue weighted by Crippen LogP contribution is 2.25. The quantitative estimate of drug-likeness (QED) is 0.789. The summed E-state index contributed by atoms with van der Waals surface area (Å²) in [6.45, 7) is 1.00. The number of rotatable bonds is 6. The van der Waals surface area contributed by atoms with Crippen LogP contribution in [0.25, 0.3) is 11.3 Å². The first-order valence-corrected chi connectivity index (χ1v) is 10.5. The van der Waals surface area contributed by atoms with Gasteiger partial charge in [0.2, 0.25) is 0 Å². The molecule has 9 heteroatoms. The number of carboxylic acids is 1. The summed E-state index contributed by atoms with van der Waals surface area (Å²) < 4.78 is 27.5. The Bertz CT molecular complexity index is 962. The standard InChI is InChI=1S/C19H24N4O4S/c1-22(2)28(26,27)23-8-4-5-14(12-23)9-17-11-18(21-13-20-17)15-6-3-7-16(10-15)19(24)25/h3,6-7,10-11,13-14H,4-5,8-9,12H2,1-2H3,(H,24,25)/t14-/m1/s1. The van der Waals surface area contributed by atoms with Gasteiger partial charge in [0.05, 0.1) is 11.3 Å². The summed E-state index contributed by atoms with van der Waals surface area (Å²) in [5.41, 5.74) is 2.39. The number of nitrogens with zero attached hydrogens (tertiary/aromatic N) is 4. The second-order valence-electron chi connectivity index (χ2n) is 7.14. The molecule has 0 aliphatic carbocycles. The van der Waals surface area contributed by atoms with Gasteiger partial charge in [-0.3, -0.25) is 0 Å². The van der Waals surface area contributed by atoms with Crippen LogP contribution in [0, 0.1) is 5.92 Å². The second-order valence-corrected chi connectivity index (χ2v) is 9.28. The van der Waals surface area contributed by atoms with Crippen molar-refractivity contribution in [2.24, 2.45) is 5.92 Å². The molecule has 1 aromatic carbocycles. The minimum absolute atomic E-state index is 0.177. The van der Waals surface area contributed by atoms with E-state index in [-0.39, 0.29) is 11.5 Å². The van der Waals surface area contributed by atoms with Crippen molar-refractivity contribution in [1.29, 1.82) is 0 Å². The molecule has 0 radical (unpaired) electrons. The number of benzene rings is 1. The van der Waals surface area contributed by atoms with E-state index in [0.29, 0.717) is 30.8 Å². The molecule has 0 bridgehead atoms. The van der Waals surface area contributed by atoms with Gasteiger partial charge in [-0.25, -0.2) is 14.8 Å². The number of aromatic carboxylic acids is 1. The Morgan fingerprint density at radius 3 is 2.79 bits per heavy atom. The zero-order chi connectivity index (χ0) is 20.3.